The number of nitrogens with one attached hydrogen (secondary N) is 2. The van der Waals surface area contributed by atoms with Crippen molar-refractivity contribution in [1.82, 2.24) is 19.9 Å². The number of ether oxygens (including phenoxy) is 1. The number of H-pyrrole nitrogens is 2. The third kappa shape index (κ3) is 3.43. The zero-order valence-corrected chi connectivity index (χ0v) is 18.9. The van der Waals surface area contributed by atoms with E-state index in [0.29, 0.717) is 12.5 Å². The van der Waals surface area contributed by atoms with E-state index in [0.717, 1.165) is 73.6 Å². The fraction of sp³-hybridized carbons (Fsp3) is 0.385. The van der Waals surface area contributed by atoms with Crippen molar-refractivity contribution in [1.29, 1.82) is 0 Å². The Balaban J connectivity index is 1.17. The first-order valence-electron chi connectivity index (χ1n) is 11.8. The van der Waals surface area contributed by atoms with Crippen molar-refractivity contribution in [3.05, 3.63) is 54.2 Å². The third-order valence-corrected chi connectivity index (χ3v) is 7.56. The molecule has 0 unspecified atom stereocenters. The van der Waals surface area contributed by atoms with Gasteiger partial charge in [-0.15, -0.1) is 0 Å². The summed E-state index contributed by atoms with van der Waals surface area (Å²) in [6, 6.07) is 14.2. The molecule has 0 atom stereocenters. The van der Waals surface area contributed by atoms with Crippen LogP contribution in [0.5, 0.6) is 5.75 Å². The minimum Gasteiger partial charge on any atom is -0.497 e. The highest BCUT2D eigenvalue weighted by Gasteiger charge is 2.46. The number of nitrogens with zero attached hydrogens (tertiary/aromatic N) is 3. The lowest BCUT2D eigenvalue weighted by Crippen LogP contribution is -2.53. The van der Waals surface area contributed by atoms with Crippen molar-refractivity contribution < 1.29 is 9.53 Å². The molecule has 2 N–H and O–H groups in total. The fourth-order valence-electron chi connectivity index (χ4n) is 5.63. The first-order chi connectivity index (χ1) is 16.1. The van der Waals surface area contributed by atoms with Gasteiger partial charge in [0.2, 0.25) is 11.9 Å². The summed E-state index contributed by atoms with van der Waals surface area (Å²) >= 11 is 0. The number of rotatable bonds is 4. The molecule has 6 rings (SSSR count). The monoisotopic (exact) mass is 443 g/mol. The Hall–Kier alpha value is -3.48. The largest absolute Gasteiger partial charge is 0.497 e. The number of amides is 1. The van der Waals surface area contributed by atoms with E-state index in [1.165, 1.54) is 10.9 Å². The number of hydrogen-bond acceptors (Lipinski definition) is 4. The molecule has 33 heavy (non-hydrogen) atoms. The highest BCUT2D eigenvalue weighted by molar-refractivity contribution is 5.86. The third-order valence-electron chi connectivity index (χ3n) is 7.56. The SMILES string of the molecule is COc1ccc2[nH]c(N3CCC4(CCCN(Cc5c[nH]c6ccccc56)C4=O)CC3)nc2c1. The molecule has 2 fully saturated rings. The average Bonchev–Trinajstić information content (AvgIpc) is 3.46. The molecule has 1 spiro atoms. The second kappa shape index (κ2) is 7.83. The van der Waals surface area contributed by atoms with Crippen molar-refractivity contribution in [3.8, 4) is 5.75 Å². The lowest BCUT2D eigenvalue weighted by atomic mass is 9.71. The number of benzene rings is 2. The van der Waals surface area contributed by atoms with Crippen LogP contribution >= 0.6 is 0 Å². The van der Waals surface area contributed by atoms with Gasteiger partial charge in [0.25, 0.3) is 0 Å². The molecule has 2 aliphatic heterocycles. The van der Waals surface area contributed by atoms with Crippen molar-refractivity contribution in [2.75, 3.05) is 31.6 Å². The van der Waals surface area contributed by atoms with Gasteiger partial charge >= 0.3 is 0 Å². The normalized spacial score (nSPS) is 18.5. The van der Waals surface area contributed by atoms with Crippen LogP contribution in [0.15, 0.2) is 48.7 Å². The van der Waals surface area contributed by atoms with Gasteiger partial charge in [-0.25, -0.2) is 4.98 Å². The maximum atomic E-state index is 13.7. The molecule has 2 aromatic heterocycles. The zero-order valence-electron chi connectivity index (χ0n) is 18.9. The molecule has 4 heterocycles. The summed E-state index contributed by atoms with van der Waals surface area (Å²) in [5.74, 6) is 2.02. The van der Waals surface area contributed by atoms with E-state index in [2.05, 4.69) is 44.2 Å². The molecule has 2 aromatic carbocycles. The Morgan fingerprint density at radius 1 is 1.06 bits per heavy atom. The standard InChI is InChI=1S/C26H29N5O2/c1-33-19-7-8-22-23(15-19)29-25(28-22)30-13-10-26(11-14-30)9-4-12-31(24(26)32)17-18-16-27-21-6-3-2-5-20(18)21/h2-3,5-8,15-16,27H,4,9-14,17H2,1H3,(H,28,29). The van der Waals surface area contributed by atoms with Gasteiger partial charge < -0.3 is 24.5 Å². The van der Waals surface area contributed by atoms with E-state index in [-0.39, 0.29) is 5.41 Å². The Bertz CT molecular complexity index is 1310. The summed E-state index contributed by atoms with van der Waals surface area (Å²) in [6.07, 6.45) is 5.85. The van der Waals surface area contributed by atoms with Crippen LogP contribution in [0.4, 0.5) is 5.95 Å². The van der Waals surface area contributed by atoms with Crippen LogP contribution in [0.2, 0.25) is 0 Å². The number of likely N-dealkylation sites (tertiary alicyclic amines) is 1. The number of para-hydroxylation sites is 1. The van der Waals surface area contributed by atoms with E-state index in [9.17, 15) is 4.79 Å². The molecular weight excluding hydrogens is 414 g/mol. The van der Waals surface area contributed by atoms with Crippen molar-refractivity contribution in [2.24, 2.45) is 5.41 Å². The molecule has 0 radical (unpaired) electrons. The lowest BCUT2D eigenvalue weighted by molar-refractivity contribution is -0.148. The second-order valence-electron chi connectivity index (χ2n) is 9.40. The number of aromatic nitrogens is 3. The van der Waals surface area contributed by atoms with E-state index in [1.54, 1.807) is 7.11 Å². The first kappa shape index (κ1) is 20.1. The molecule has 2 saturated heterocycles. The minimum atomic E-state index is -0.240. The summed E-state index contributed by atoms with van der Waals surface area (Å²) < 4.78 is 5.32. The Kier molecular flexibility index (Phi) is 4.78. The molecule has 0 bridgehead atoms. The highest BCUT2D eigenvalue weighted by atomic mass is 16.5. The number of anilines is 1. The maximum Gasteiger partial charge on any atom is 0.229 e. The number of carbonyl (C=O) groups is 1. The number of imidazole rings is 1. The van der Waals surface area contributed by atoms with E-state index in [1.807, 2.05) is 24.3 Å². The maximum absolute atomic E-state index is 13.7. The number of hydrogen-bond donors (Lipinski definition) is 2. The molecule has 4 aromatic rings. The van der Waals surface area contributed by atoms with Gasteiger partial charge in [0.15, 0.2) is 0 Å². The van der Waals surface area contributed by atoms with Gasteiger partial charge in [-0.1, -0.05) is 18.2 Å². The zero-order chi connectivity index (χ0) is 22.4. The van der Waals surface area contributed by atoms with E-state index in [4.69, 9.17) is 9.72 Å². The van der Waals surface area contributed by atoms with Crippen LogP contribution < -0.4 is 9.64 Å². The molecule has 2 aliphatic rings. The van der Waals surface area contributed by atoms with E-state index >= 15 is 0 Å². The fourth-order valence-corrected chi connectivity index (χ4v) is 5.63. The molecule has 7 nitrogen and oxygen atoms in total. The van der Waals surface area contributed by atoms with Crippen molar-refractivity contribution in [3.63, 3.8) is 0 Å². The van der Waals surface area contributed by atoms with Gasteiger partial charge in [-0.2, -0.15) is 0 Å². The number of carbonyl (C=O) groups excluding carboxylic acids is 1. The summed E-state index contributed by atoms with van der Waals surface area (Å²) in [5, 5.41) is 1.21. The quantitative estimate of drug-likeness (QED) is 0.488. The van der Waals surface area contributed by atoms with E-state index < -0.39 is 0 Å². The van der Waals surface area contributed by atoms with Gasteiger partial charge in [0.05, 0.1) is 23.6 Å². The van der Waals surface area contributed by atoms with Gasteiger partial charge in [-0.05, 0) is 49.4 Å². The lowest BCUT2D eigenvalue weighted by Gasteiger charge is -2.46. The molecule has 7 heteroatoms. The smallest absolute Gasteiger partial charge is 0.229 e. The molecule has 0 saturated carbocycles. The number of methoxy groups -OCH3 is 1. The summed E-state index contributed by atoms with van der Waals surface area (Å²) in [7, 11) is 1.67. The second-order valence-corrected chi connectivity index (χ2v) is 9.40. The van der Waals surface area contributed by atoms with Gasteiger partial charge in [0, 0.05) is 49.3 Å². The first-order valence-corrected chi connectivity index (χ1v) is 11.8. The predicted molar refractivity (Wildman–Crippen MR) is 129 cm³/mol. The number of fused-ring (bicyclic) bond motifs is 2. The number of aromatic amines is 2. The molecule has 0 aliphatic carbocycles. The van der Waals surface area contributed by atoms with Crippen molar-refractivity contribution >= 4 is 33.8 Å². The predicted octanol–water partition coefficient (Wildman–Crippen LogP) is 4.46. The van der Waals surface area contributed by atoms with Crippen molar-refractivity contribution in [2.45, 2.75) is 32.2 Å². The summed E-state index contributed by atoms with van der Waals surface area (Å²) in [4.78, 5) is 29.6. The van der Waals surface area contributed by atoms with Crippen LogP contribution in [0.1, 0.15) is 31.2 Å². The Labute approximate surface area is 192 Å². The summed E-state index contributed by atoms with van der Waals surface area (Å²) in [5.41, 5.74) is 4.00. The topological polar surface area (TPSA) is 77.2 Å². The Morgan fingerprint density at radius 3 is 2.76 bits per heavy atom. The molecule has 170 valence electrons. The van der Waals surface area contributed by atoms with Gasteiger partial charge in [-0.3, -0.25) is 4.79 Å². The number of piperidine rings is 2. The highest BCUT2D eigenvalue weighted by Crippen LogP contribution is 2.42. The average molecular weight is 444 g/mol. The van der Waals surface area contributed by atoms with Gasteiger partial charge in [0.1, 0.15) is 5.75 Å². The van der Waals surface area contributed by atoms with Crippen LogP contribution in [0.25, 0.3) is 21.9 Å². The van der Waals surface area contributed by atoms with Crippen LogP contribution in [0, 0.1) is 5.41 Å². The molecular formula is C26H29N5O2. The molecule has 1 amide bonds. The minimum absolute atomic E-state index is 0.240. The Morgan fingerprint density at radius 2 is 1.91 bits per heavy atom. The summed E-state index contributed by atoms with van der Waals surface area (Å²) in [6.45, 7) is 3.20. The van der Waals surface area contributed by atoms with Crippen LogP contribution in [-0.2, 0) is 11.3 Å². The van der Waals surface area contributed by atoms with Crippen LogP contribution in [0.3, 0.4) is 0 Å². The van der Waals surface area contributed by atoms with Crippen LogP contribution in [-0.4, -0.2) is 52.5 Å².